The van der Waals surface area contributed by atoms with E-state index in [1.165, 1.54) is 10.5 Å². The minimum absolute atomic E-state index is 0.0436. The molecular weight excluding hydrogens is 400 g/mol. The van der Waals surface area contributed by atoms with Gasteiger partial charge in [0.25, 0.3) is 5.91 Å². The molecular formula is C24H31ClN2O3. The largest absolute Gasteiger partial charge is 0.484 e. The summed E-state index contributed by atoms with van der Waals surface area (Å²) in [6.45, 7) is 8.37. The Balaban J connectivity index is 2.17. The van der Waals surface area contributed by atoms with E-state index in [1.807, 2.05) is 49.4 Å². The number of likely N-dealkylation sites (N-methyl/N-ethyl adjacent to an activating group) is 1. The minimum atomic E-state index is -0.606. The molecule has 0 aliphatic carbocycles. The van der Waals surface area contributed by atoms with Crippen molar-refractivity contribution < 1.29 is 14.3 Å². The standard InChI is InChI=1S/C24H31ClN2O3/c1-6-21(23(29)26-5)27(15-17-9-7-8-10-20(17)25)22(28)16-30-19-13-11-18(12-14-19)24(2,3)4/h7-14,21H,6,15-16H2,1-5H3,(H,26,29)/t21-/m1/s1. The highest BCUT2D eigenvalue weighted by atomic mass is 35.5. The lowest BCUT2D eigenvalue weighted by Crippen LogP contribution is -2.49. The van der Waals surface area contributed by atoms with Gasteiger partial charge in [-0.15, -0.1) is 0 Å². The summed E-state index contributed by atoms with van der Waals surface area (Å²) in [6, 6.07) is 14.4. The number of ether oxygens (including phenoxy) is 1. The molecule has 1 N–H and O–H groups in total. The van der Waals surface area contributed by atoms with Gasteiger partial charge in [0.1, 0.15) is 11.8 Å². The van der Waals surface area contributed by atoms with Gasteiger partial charge >= 0.3 is 0 Å². The van der Waals surface area contributed by atoms with Crippen LogP contribution in [0.4, 0.5) is 0 Å². The van der Waals surface area contributed by atoms with E-state index in [9.17, 15) is 9.59 Å². The molecule has 162 valence electrons. The molecule has 6 heteroatoms. The third-order valence-electron chi connectivity index (χ3n) is 5.01. The van der Waals surface area contributed by atoms with Crippen molar-refractivity contribution in [3.05, 3.63) is 64.7 Å². The lowest BCUT2D eigenvalue weighted by atomic mass is 9.87. The topological polar surface area (TPSA) is 58.6 Å². The number of hydrogen-bond acceptors (Lipinski definition) is 3. The first kappa shape index (κ1) is 23.7. The minimum Gasteiger partial charge on any atom is -0.484 e. The van der Waals surface area contributed by atoms with E-state index in [4.69, 9.17) is 16.3 Å². The van der Waals surface area contributed by atoms with Crippen molar-refractivity contribution in [1.82, 2.24) is 10.2 Å². The molecule has 0 aliphatic rings. The summed E-state index contributed by atoms with van der Waals surface area (Å²) in [5.74, 6) is 0.125. The van der Waals surface area contributed by atoms with Gasteiger partial charge in [-0.05, 0) is 41.2 Å². The summed E-state index contributed by atoms with van der Waals surface area (Å²) in [7, 11) is 1.57. The molecule has 0 fully saturated rings. The fourth-order valence-electron chi connectivity index (χ4n) is 3.18. The van der Waals surface area contributed by atoms with Gasteiger partial charge in [0.05, 0.1) is 0 Å². The van der Waals surface area contributed by atoms with Crippen molar-refractivity contribution in [2.24, 2.45) is 0 Å². The van der Waals surface area contributed by atoms with E-state index >= 15 is 0 Å². The second kappa shape index (κ2) is 10.5. The number of amides is 2. The zero-order chi connectivity index (χ0) is 22.3. The maximum Gasteiger partial charge on any atom is 0.261 e. The molecule has 0 saturated carbocycles. The van der Waals surface area contributed by atoms with Crippen molar-refractivity contribution in [3.63, 3.8) is 0 Å². The van der Waals surface area contributed by atoms with Crippen molar-refractivity contribution in [2.75, 3.05) is 13.7 Å². The fraction of sp³-hybridized carbons (Fsp3) is 0.417. The predicted molar refractivity (Wildman–Crippen MR) is 121 cm³/mol. The molecule has 0 bridgehead atoms. The number of halogens is 1. The van der Waals surface area contributed by atoms with Crippen LogP contribution in [0.2, 0.25) is 5.02 Å². The van der Waals surface area contributed by atoms with Gasteiger partial charge in [0.2, 0.25) is 5.91 Å². The maximum absolute atomic E-state index is 13.1. The molecule has 0 radical (unpaired) electrons. The lowest BCUT2D eigenvalue weighted by molar-refractivity contribution is -0.142. The van der Waals surface area contributed by atoms with Crippen LogP contribution in [-0.2, 0) is 21.5 Å². The average molecular weight is 431 g/mol. The van der Waals surface area contributed by atoms with Crippen molar-refractivity contribution in [2.45, 2.75) is 52.1 Å². The van der Waals surface area contributed by atoms with Crippen molar-refractivity contribution >= 4 is 23.4 Å². The van der Waals surface area contributed by atoms with Crippen LogP contribution in [0.5, 0.6) is 5.75 Å². The molecule has 0 saturated heterocycles. The van der Waals surface area contributed by atoms with E-state index < -0.39 is 6.04 Å². The van der Waals surface area contributed by atoms with Gasteiger partial charge in [-0.3, -0.25) is 9.59 Å². The molecule has 0 aromatic heterocycles. The number of nitrogens with zero attached hydrogens (tertiary/aromatic N) is 1. The summed E-state index contributed by atoms with van der Waals surface area (Å²) < 4.78 is 5.74. The molecule has 0 aliphatic heterocycles. The smallest absolute Gasteiger partial charge is 0.261 e. The van der Waals surface area contributed by atoms with E-state index in [1.54, 1.807) is 13.1 Å². The number of nitrogens with one attached hydrogen (secondary N) is 1. The van der Waals surface area contributed by atoms with Gasteiger partial charge < -0.3 is 15.0 Å². The maximum atomic E-state index is 13.1. The third-order valence-corrected chi connectivity index (χ3v) is 5.38. The van der Waals surface area contributed by atoms with Gasteiger partial charge in [-0.2, -0.15) is 0 Å². The third kappa shape index (κ3) is 6.23. The molecule has 2 aromatic carbocycles. The fourth-order valence-corrected chi connectivity index (χ4v) is 3.37. The SMILES string of the molecule is CC[C@H](C(=O)NC)N(Cc1ccccc1Cl)C(=O)COc1ccc(C(C)(C)C)cc1. The van der Waals surface area contributed by atoms with Crippen LogP contribution in [0.1, 0.15) is 45.2 Å². The summed E-state index contributed by atoms with van der Waals surface area (Å²) >= 11 is 6.29. The van der Waals surface area contributed by atoms with Crippen molar-refractivity contribution in [1.29, 1.82) is 0 Å². The number of hydrogen-bond donors (Lipinski definition) is 1. The molecule has 2 amide bonds. The Morgan fingerprint density at radius 1 is 1.10 bits per heavy atom. The van der Waals surface area contributed by atoms with Crippen LogP contribution in [0, 0.1) is 0 Å². The summed E-state index contributed by atoms with van der Waals surface area (Å²) in [6.07, 6.45) is 0.482. The second-order valence-electron chi connectivity index (χ2n) is 8.21. The van der Waals surface area contributed by atoms with E-state index in [-0.39, 0.29) is 30.4 Å². The first-order valence-electron chi connectivity index (χ1n) is 10.1. The van der Waals surface area contributed by atoms with Gasteiger partial charge in [0.15, 0.2) is 6.61 Å². The number of carbonyl (C=O) groups excluding carboxylic acids is 2. The molecule has 0 heterocycles. The van der Waals surface area contributed by atoms with E-state index in [0.29, 0.717) is 17.2 Å². The van der Waals surface area contributed by atoms with Gasteiger partial charge in [0, 0.05) is 18.6 Å². The van der Waals surface area contributed by atoms with Crippen LogP contribution in [0.3, 0.4) is 0 Å². The Morgan fingerprint density at radius 3 is 2.27 bits per heavy atom. The molecule has 1 atom stereocenters. The highest BCUT2D eigenvalue weighted by Crippen LogP contribution is 2.24. The Hall–Kier alpha value is -2.53. The van der Waals surface area contributed by atoms with Crippen LogP contribution in [0.25, 0.3) is 0 Å². The van der Waals surface area contributed by atoms with E-state index in [0.717, 1.165) is 5.56 Å². The van der Waals surface area contributed by atoms with Crippen LogP contribution < -0.4 is 10.1 Å². The van der Waals surface area contributed by atoms with E-state index in [2.05, 4.69) is 26.1 Å². The Bertz CT molecular complexity index is 859. The van der Waals surface area contributed by atoms with Crippen LogP contribution in [0.15, 0.2) is 48.5 Å². The van der Waals surface area contributed by atoms with Gasteiger partial charge in [-0.1, -0.05) is 69.6 Å². The van der Waals surface area contributed by atoms with Crippen LogP contribution >= 0.6 is 11.6 Å². The lowest BCUT2D eigenvalue weighted by Gasteiger charge is -2.30. The first-order chi connectivity index (χ1) is 14.2. The first-order valence-corrected chi connectivity index (χ1v) is 10.5. The summed E-state index contributed by atoms with van der Waals surface area (Å²) in [4.78, 5) is 27.0. The molecule has 2 rings (SSSR count). The predicted octanol–water partition coefficient (Wildman–Crippen LogP) is 4.57. The molecule has 0 unspecified atom stereocenters. The zero-order valence-corrected chi connectivity index (χ0v) is 19.1. The zero-order valence-electron chi connectivity index (χ0n) is 18.4. The van der Waals surface area contributed by atoms with Gasteiger partial charge in [-0.25, -0.2) is 0 Å². The monoisotopic (exact) mass is 430 g/mol. The Labute approximate surface area is 184 Å². The Kier molecular flexibility index (Phi) is 8.30. The highest BCUT2D eigenvalue weighted by Gasteiger charge is 2.28. The normalized spacial score (nSPS) is 12.2. The quantitative estimate of drug-likeness (QED) is 0.667. The molecule has 5 nitrogen and oxygen atoms in total. The number of benzene rings is 2. The van der Waals surface area contributed by atoms with Crippen LogP contribution in [-0.4, -0.2) is 36.4 Å². The highest BCUT2D eigenvalue weighted by molar-refractivity contribution is 6.31. The number of rotatable bonds is 8. The molecule has 2 aromatic rings. The Morgan fingerprint density at radius 2 is 1.73 bits per heavy atom. The molecule has 0 spiro atoms. The molecule has 30 heavy (non-hydrogen) atoms. The second-order valence-corrected chi connectivity index (χ2v) is 8.62. The van der Waals surface area contributed by atoms with Crippen molar-refractivity contribution in [3.8, 4) is 5.75 Å². The average Bonchev–Trinajstić information content (AvgIpc) is 2.72. The summed E-state index contributed by atoms with van der Waals surface area (Å²) in [5, 5.41) is 3.20. The summed E-state index contributed by atoms with van der Waals surface area (Å²) in [5.41, 5.74) is 2.01. The number of carbonyl (C=O) groups is 2.